The van der Waals surface area contributed by atoms with E-state index in [-0.39, 0.29) is 0 Å². The van der Waals surface area contributed by atoms with Gasteiger partial charge in [-0.15, -0.1) is 0 Å². The van der Waals surface area contributed by atoms with E-state index in [1.165, 1.54) is 11.3 Å². The Morgan fingerprint density at radius 3 is 2.89 bits per heavy atom. The maximum absolute atomic E-state index is 4.37. The van der Waals surface area contributed by atoms with Crippen LogP contribution in [0.1, 0.15) is 36.8 Å². The number of aromatic nitrogens is 3. The fraction of sp³-hybridized carbons (Fsp3) is 0.429. The summed E-state index contributed by atoms with van der Waals surface area (Å²) in [5.41, 5.74) is 3.54. The van der Waals surface area contributed by atoms with Crippen LogP contribution in [0.5, 0.6) is 0 Å². The molecule has 2 rings (SSSR count). The smallest absolute Gasteiger partial charge is 0.0951 e. The standard InChI is InChI=1S/C14H20N4/c1-11(2)18-10-16-8-13(18)7-15-9-14-12(3)5-4-6-17-14/h4-6,8,10-11,15H,7,9H2,1-3H3. The van der Waals surface area contributed by atoms with E-state index in [0.29, 0.717) is 6.04 Å². The summed E-state index contributed by atoms with van der Waals surface area (Å²) < 4.78 is 2.18. The lowest BCUT2D eigenvalue weighted by atomic mass is 10.2. The maximum atomic E-state index is 4.37. The predicted molar refractivity (Wildman–Crippen MR) is 72.1 cm³/mol. The molecule has 0 radical (unpaired) electrons. The van der Waals surface area contributed by atoms with Gasteiger partial charge in [-0.1, -0.05) is 6.07 Å². The number of nitrogens with one attached hydrogen (secondary N) is 1. The van der Waals surface area contributed by atoms with Crippen LogP contribution in [-0.4, -0.2) is 14.5 Å². The largest absolute Gasteiger partial charge is 0.331 e. The van der Waals surface area contributed by atoms with Gasteiger partial charge in [-0.05, 0) is 32.4 Å². The van der Waals surface area contributed by atoms with Crippen molar-refractivity contribution in [3.8, 4) is 0 Å². The Labute approximate surface area is 108 Å². The summed E-state index contributed by atoms with van der Waals surface area (Å²) in [4.78, 5) is 8.56. The van der Waals surface area contributed by atoms with E-state index in [9.17, 15) is 0 Å². The van der Waals surface area contributed by atoms with Gasteiger partial charge in [0.1, 0.15) is 0 Å². The summed E-state index contributed by atoms with van der Waals surface area (Å²) in [6.07, 6.45) is 5.63. The summed E-state index contributed by atoms with van der Waals surface area (Å²) in [6, 6.07) is 4.50. The van der Waals surface area contributed by atoms with Gasteiger partial charge in [-0.25, -0.2) is 4.98 Å². The second-order valence-electron chi connectivity index (χ2n) is 4.76. The van der Waals surface area contributed by atoms with E-state index in [1.54, 1.807) is 0 Å². The first kappa shape index (κ1) is 12.8. The molecule has 0 fully saturated rings. The molecule has 2 heterocycles. The van der Waals surface area contributed by atoms with Gasteiger partial charge < -0.3 is 9.88 Å². The molecule has 0 saturated heterocycles. The molecule has 96 valence electrons. The first-order chi connectivity index (χ1) is 8.68. The molecular formula is C14H20N4. The monoisotopic (exact) mass is 244 g/mol. The quantitative estimate of drug-likeness (QED) is 0.878. The lowest BCUT2D eigenvalue weighted by Gasteiger charge is -2.12. The Hall–Kier alpha value is -1.68. The third-order valence-corrected chi connectivity index (χ3v) is 3.02. The van der Waals surface area contributed by atoms with Crippen LogP contribution in [0.4, 0.5) is 0 Å². The molecule has 18 heavy (non-hydrogen) atoms. The highest BCUT2D eigenvalue weighted by Gasteiger charge is 2.05. The summed E-state index contributed by atoms with van der Waals surface area (Å²) in [5.74, 6) is 0. The SMILES string of the molecule is Cc1cccnc1CNCc1cncn1C(C)C. The van der Waals surface area contributed by atoms with Crippen molar-refractivity contribution in [2.45, 2.75) is 39.9 Å². The third-order valence-electron chi connectivity index (χ3n) is 3.02. The highest BCUT2D eigenvalue weighted by Crippen LogP contribution is 2.09. The van der Waals surface area contributed by atoms with Gasteiger partial charge in [0.2, 0.25) is 0 Å². The van der Waals surface area contributed by atoms with Crippen LogP contribution in [0.3, 0.4) is 0 Å². The number of hydrogen-bond donors (Lipinski definition) is 1. The minimum Gasteiger partial charge on any atom is -0.331 e. The molecule has 2 aromatic heterocycles. The molecule has 0 unspecified atom stereocenters. The van der Waals surface area contributed by atoms with Crippen molar-refractivity contribution >= 4 is 0 Å². The molecule has 4 heteroatoms. The van der Waals surface area contributed by atoms with E-state index < -0.39 is 0 Å². The van der Waals surface area contributed by atoms with E-state index in [0.717, 1.165) is 18.8 Å². The lowest BCUT2D eigenvalue weighted by Crippen LogP contribution is -2.17. The molecular weight excluding hydrogens is 224 g/mol. The van der Waals surface area contributed by atoms with Crippen LogP contribution in [-0.2, 0) is 13.1 Å². The zero-order chi connectivity index (χ0) is 13.0. The number of aryl methyl sites for hydroxylation is 1. The first-order valence-corrected chi connectivity index (χ1v) is 6.30. The minimum atomic E-state index is 0.445. The van der Waals surface area contributed by atoms with Crippen LogP contribution in [0, 0.1) is 6.92 Å². The van der Waals surface area contributed by atoms with E-state index in [1.807, 2.05) is 24.8 Å². The van der Waals surface area contributed by atoms with Crippen LogP contribution >= 0.6 is 0 Å². The molecule has 0 bridgehead atoms. The Morgan fingerprint density at radius 2 is 2.17 bits per heavy atom. The first-order valence-electron chi connectivity index (χ1n) is 6.30. The van der Waals surface area contributed by atoms with Crippen molar-refractivity contribution in [2.75, 3.05) is 0 Å². The van der Waals surface area contributed by atoms with Crippen molar-refractivity contribution in [1.82, 2.24) is 19.9 Å². The maximum Gasteiger partial charge on any atom is 0.0951 e. The molecule has 0 aliphatic rings. The van der Waals surface area contributed by atoms with Crippen molar-refractivity contribution in [1.29, 1.82) is 0 Å². The van der Waals surface area contributed by atoms with Gasteiger partial charge >= 0.3 is 0 Å². The molecule has 0 aromatic carbocycles. The zero-order valence-electron chi connectivity index (χ0n) is 11.2. The highest BCUT2D eigenvalue weighted by atomic mass is 15.1. The summed E-state index contributed by atoms with van der Waals surface area (Å²) in [5, 5.41) is 3.42. The van der Waals surface area contributed by atoms with E-state index >= 15 is 0 Å². The zero-order valence-corrected chi connectivity index (χ0v) is 11.2. The number of pyridine rings is 1. The third kappa shape index (κ3) is 2.96. The normalized spacial score (nSPS) is 11.1. The van der Waals surface area contributed by atoms with Crippen molar-refractivity contribution < 1.29 is 0 Å². The Bertz CT molecular complexity index is 502. The average molecular weight is 244 g/mol. The Kier molecular flexibility index (Phi) is 4.10. The Balaban J connectivity index is 1.93. The predicted octanol–water partition coefficient (Wildman–Crippen LogP) is 2.46. The topological polar surface area (TPSA) is 42.7 Å². The number of hydrogen-bond acceptors (Lipinski definition) is 3. The molecule has 0 spiro atoms. The molecule has 1 N–H and O–H groups in total. The molecule has 4 nitrogen and oxygen atoms in total. The molecule has 0 atom stereocenters. The molecule has 0 saturated carbocycles. The number of nitrogens with zero attached hydrogens (tertiary/aromatic N) is 3. The van der Waals surface area contributed by atoms with Crippen LogP contribution in [0.2, 0.25) is 0 Å². The van der Waals surface area contributed by atoms with Crippen molar-refractivity contribution in [3.63, 3.8) is 0 Å². The van der Waals surface area contributed by atoms with Gasteiger partial charge in [0.25, 0.3) is 0 Å². The fourth-order valence-corrected chi connectivity index (χ4v) is 1.95. The Morgan fingerprint density at radius 1 is 1.33 bits per heavy atom. The van der Waals surface area contributed by atoms with Crippen LogP contribution < -0.4 is 5.32 Å². The second kappa shape index (κ2) is 5.78. The summed E-state index contributed by atoms with van der Waals surface area (Å²) in [6.45, 7) is 8.01. The van der Waals surface area contributed by atoms with Gasteiger partial charge in [0.15, 0.2) is 0 Å². The molecule has 2 aromatic rings. The van der Waals surface area contributed by atoms with E-state index in [4.69, 9.17) is 0 Å². The van der Waals surface area contributed by atoms with Gasteiger partial charge in [-0.3, -0.25) is 4.98 Å². The van der Waals surface area contributed by atoms with Gasteiger partial charge in [-0.2, -0.15) is 0 Å². The lowest BCUT2D eigenvalue weighted by molar-refractivity contribution is 0.548. The highest BCUT2D eigenvalue weighted by molar-refractivity contribution is 5.17. The molecule has 0 amide bonds. The number of imidazole rings is 1. The summed E-state index contributed by atoms with van der Waals surface area (Å²) >= 11 is 0. The van der Waals surface area contributed by atoms with Gasteiger partial charge in [0.05, 0.1) is 17.7 Å². The van der Waals surface area contributed by atoms with Crippen LogP contribution in [0.25, 0.3) is 0 Å². The summed E-state index contributed by atoms with van der Waals surface area (Å²) in [7, 11) is 0. The average Bonchev–Trinajstić information content (AvgIpc) is 2.80. The van der Waals surface area contributed by atoms with Crippen molar-refractivity contribution in [2.24, 2.45) is 0 Å². The fourth-order valence-electron chi connectivity index (χ4n) is 1.95. The van der Waals surface area contributed by atoms with Crippen molar-refractivity contribution in [3.05, 3.63) is 47.8 Å². The van der Waals surface area contributed by atoms with Crippen LogP contribution in [0.15, 0.2) is 30.9 Å². The molecule has 0 aliphatic heterocycles. The minimum absolute atomic E-state index is 0.445. The molecule has 0 aliphatic carbocycles. The van der Waals surface area contributed by atoms with Gasteiger partial charge in [0, 0.05) is 31.5 Å². The number of rotatable bonds is 5. The van der Waals surface area contributed by atoms with E-state index in [2.05, 4.69) is 46.7 Å². The second-order valence-corrected chi connectivity index (χ2v) is 4.76.